The molecule has 5 heteroatoms. The van der Waals surface area contributed by atoms with E-state index in [9.17, 15) is 9.18 Å². The van der Waals surface area contributed by atoms with Crippen LogP contribution in [0.4, 0.5) is 10.1 Å². The lowest BCUT2D eigenvalue weighted by molar-refractivity contribution is 0.102. The number of aryl methyl sites for hydroxylation is 1. The van der Waals surface area contributed by atoms with E-state index in [4.69, 9.17) is 9.47 Å². The molecule has 1 amide bonds. The zero-order valence-electron chi connectivity index (χ0n) is 11.5. The van der Waals surface area contributed by atoms with Crippen LogP contribution >= 0.6 is 0 Å². The summed E-state index contributed by atoms with van der Waals surface area (Å²) in [5.74, 6) is 0.191. The van der Waals surface area contributed by atoms with Gasteiger partial charge >= 0.3 is 0 Å². The Balaban J connectivity index is 1.88. The maximum atomic E-state index is 13.6. The molecule has 0 aliphatic carbocycles. The Morgan fingerprint density at radius 1 is 1.14 bits per heavy atom. The highest BCUT2D eigenvalue weighted by atomic mass is 19.1. The summed E-state index contributed by atoms with van der Waals surface area (Å²) < 4.78 is 24.6. The van der Waals surface area contributed by atoms with E-state index in [-0.39, 0.29) is 5.56 Å². The number of carbonyl (C=O) groups excluding carboxylic acids is 1. The van der Waals surface area contributed by atoms with Gasteiger partial charge in [-0.25, -0.2) is 4.39 Å². The highest BCUT2D eigenvalue weighted by molar-refractivity contribution is 6.05. The van der Waals surface area contributed by atoms with Crippen molar-refractivity contribution in [2.45, 2.75) is 6.92 Å². The number of ether oxygens (including phenoxy) is 2. The van der Waals surface area contributed by atoms with Gasteiger partial charge in [-0.1, -0.05) is 12.1 Å². The molecule has 0 atom stereocenters. The molecular formula is C16H14FNO3. The van der Waals surface area contributed by atoms with Crippen LogP contribution in [0, 0.1) is 12.7 Å². The van der Waals surface area contributed by atoms with Crippen LogP contribution in [-0.2, 0) is 0 Å². The molecule has 0 bridgehead atoms. The lowest BCUT2D eigenvalue weighted by Gasteiger charge is -2.20. The Morgan fingerprint density at radius 2 is 1.81 bits per heavy atom. The maximum Gasteiger partial charge on any atom is 0.258 e. The molecule has 3 rings (SSSR count). The van der Waals surface area contributed by atoms with Gasteiger partial charge in [0.25, 0.3) is 5.91 Å². The molecule has 0 saturated carbocycles. The number of hydrogen-bond donors (Lipinski definition) is 1. The number of nitrogens with one attached hydrogen (secondary N) is 1. The van der Waals surface area contributed by atoms with Gasteiger partial charge in [0.1, 0.15) is 19.0 Å². The summed E-state index contributed by atoms with van der Waals surface area (Å²) in [4.78, 5) is 12.1. The first-order chi connectivity index (χ1) is 10.1. The minimum absolute atomic E-state index is 0.00629. The molecule has 1 aliphatic heterocycles. The standard InChI is InChI=1S/C16H14FNO3/c1-10-8-14-15(21-7-6-20-14)9-13(10)18-16(19)11-4-2-3-5-12(11)17/h2-5,8-9H,6-7H2,1H3,(H,18,19). The third-order valence-electron chi connectivity index (χ3n) is 3.26. The van der Waals surface area contributed by atoms with Crippen LogP contribution in [-0.4, -0.2) is 19.1 Å². The number of anilines is 1. The average molecular weight is 287 g/mol. The third-order valence-corrected chi connectivity index (χ3v) is 3.26. The fraction of sp³-hybridized carbons (Fsp3) is 0.188. The number of rotatable bonds is 2. The maximum absolute atomic E-state index is 13.6. The Hall–Kier alpha value is -2.56. The van der Waals surface area contributed by atoms with Gasteiger partial charge in [0.15, 0.2) is 11.5 Å². The second kappa shape index (κ2) is 5.44. The van der Waals surface area contributed by atoms with Crippen molar-refractivity contribution in [2.24, 2.45) is 0 Å². The van der Waals surface area contributed by atoms with E-state index in [2.05, 4.69) is 5.32 Å². The largest absolute Gasteiger partial charge is 0.486 e. The number of carbonyl (C=O) groups is 1. The van der Waals surface area contributed by atoms with Gasteiger partial charge in [0.05, 0.1) is 5.56 Å². The minimum atomic E-state index is -0.551. The normalized spacial score (nSPS) is 12.9. The van der Waals surface area contributed by atoms with Crippen molar-refractivity contribution in [3.05, 3.63) is 53.3 Å². The molecule has 1 N–H and O–H groups in total. The molecule has 2 aromatic rings. The Kier molecular flexibility index (Phi) is 3.48. The predicted octanol–water partition coefficient (Wildman–Crippen LogP) is 3.16. The minimum Gasteiger partial charge on any atom is -0.486 e. The number of fused-ring (bicyclic) bond motifs is 1. The van der Waals surface area contributed by atoms with Gasteiger partial charge in [-0.05, 0) is 30.7 Å². The fourth-order valence-electron chi connectivity index (χ4n) is 2.16. The summed E-state index contributed by atoms with van der Waals surface area (Å²) in [5, 5.41) is 2.70. The molecule has 2 aromatic carbocycles. The van der Waals surface area contributed by atoms with Crippen molar-refractivity contribution in [3.8, 4) is 11.5 Å². The molecule has 0 spiro atoms. The lowest BCUT2D eigenvalue weighted by Crippen LogP contribution is -2.17. The average Bonchev–Trinajstić information content (AvgIpc) is 2.48. The molecule has 0 unspecified atom stereocenters. The van der Waals surface area contributed by atoms with E-state index in [0.717, 1.165) is 5.56 Å². The molecule has 0 aromatic heterocycles. The fourth-order valence-corrected chi connectivity index (χ4v) is 2.16. The van der Waals surface area contributed by atoms with Crippen LogP contribution in [0.5, 0.6) is 11.5 Å². The van der Waals surface area contributed by atoms with Crippen LogP contribution in [0.2, 0.25) is 0 Å². The van der Waals surface area contributed by atoms with Gasteiger partial charge < -0.3 is 14.8 Å². The van der Waals surface area contributed by atoms with Crippen LogP contribution in [0.3, 0.4) is 0 Å². The van der Waals surface area contributed by atoms with E-state index in [1.165, 1.54) is 12.1 Å². The van der Waals surface area contributed by atoms with Gasteiger partial charge in [-0.3, -0.25) is 4.79 Å². The first kappa shape index (κ1) is 13.4. The third kappa shape index (κ3) is 2.67. The van der Waals surface area contributed by atoms with Crippen molar-refractivity contribution in [1.82, 2.24) is 0 Å². The smallest absolute Gasteiger partial charge is 0.258 e. The first-order valence-electron chi connectivity index (χ1n) is 6.61. The highest BCUT2D eigenvalue weighted by Crippen LogP contribution is 2.35. The van der Waals surface area contributed by atoms with Crippen molar-refractivity contribution >= 4 is 11.6 Å². The number of hydrogen-bond acceptors (Lipinski definition) is 3. The number of amides is 1. The van der Waals surface area contributed by atoms with Gasteiger partial charge in [-0.15, -0.1) is 0 Å². The summed E-state index contributed by atoms with van der Waals surface area (Å²) in [6.45, 7) is 2.82. The quantitative estimate of drug-likeness (QED) is 0.923. The molecule has 4 nitrogen and oxygen atoms in total. The summed E-state index contributed by atoms with van der Waals surface area (Å²) in [7, 11) is 0. The first-order valence-corrected chi connectivity index (χ1v) is 6.61. The van der Waals surface area contributed by atoms with Crippen LogP contribution in [0.1, 0.15) is 15.9 Å². The lowest BCUT2D eigenvalue weighted by atomic mass is 10.1. The van der Waals surface area contributed by atoms with E-state index in [1.807, 2.05) is 6.92 Å². The van der Waals surface area contributed by atoms with Crippen molar-refractivity contribution in [3.63, 3.8) is 0 Å². The molecule has 1 heterocycles. The van der Waals surface area contributed by atoms with E-state index >= 15 is 0 Å². The van der Waals surface area contributed by atoms with E-state index < -0.39 is 11.7 Å². The van der Waals surface area contributed by atoms with Gasteiger partial charge in [0, 0.05) is 11.8 Å². The number of halogens is 1. The highest BCUT2D eigenvalue weighted by Gasteiger charge is 2.17. The van der Waals surface area contributed by atoms with E-state index in [0.29, 0.717) is 30.4 Å². The second-order valence-electron chi connectivity index (χ2n) is 4.74. The Bertz CT molecular complexity index is 700. The predicted molar refractivity (Wildman–Crippen MR) is 76.5 cm³/mol. The summed E-state index contributed by atoms with van der Waals surface area (Å²) in [5.41, 5.74) is 1.41. The Labute approximate surface area is 121 Å². The molecule has 0 saturated heterocycles. The summed E-state index contributed by atoms with van der Waals surface area (Å²) >= 11 is 0. The number of benzene rings is 2. The molecule has 0 radical (unpaired) electrons. The SMILES string of the molecule is Cc1cc2c(cc1NC(=O)c1ccccc1F)OCCO2. The zero-order valence-corrected chi connectivity index (χ0v) is 11.5. The van der Waals surface area contributed by atoms with Crippen molar-refractivity contribution in [2.75, 3.05) is 18.5 Å². The van der Waals surface area contributed by atoms with Crippen molar-refractivity contribution in [1.29, 1.82) is 0 Å². The molecule has 21 heavy (non-hydrogen) atoms. The van der Waals surface area contributed by atoms with E-state index in [1.54, 1.807) is 24.3 Å². The zero-order chi connectivity index (χ0) is 14.8. The molecule has 108 valence electrons. The summed E-state index contributed by atoms with van der Waals surface area (Å²) in [6.07, 6.45) is 0. The Morgan fingerprint density at radius 3 is 2.52 bits per heavy atom. The molecule has 0 fully saturated rings. The second-order valence-corrected chi connectivity index (χ2v) is 4.74. The van der Waals surface area contributed by atoms with Gasteiger partial charge in [-0.2, -0.15) is 0 Å². The van der Waals surface area contributed by atoms with Gasteiger partial charge in [0.2, 0.25) is 0 Å². The summed E-state index contributed by atoms with van der Waals surface area (Å²) in [6, 6.07) is 9.35. The van der Waals surface area contributed by atoms with Crippen LogP contribution in [0.25, 0.3) is 0 Å². The van der Waals surface area contributed by atoms with Crippen LogP contribution < -0.4 is 14.8 Å². The monoisotopic (exact) mass is 287 g/mol. The molecular weight excluding hydrogens is 273 g/mol. The van der Waals surface area contributed by atoms with Crippen molar-refractivity contribution < 1.29 is 18.7 Å². The molecule has 1 aliphatic rings. The topological polar surface area (TPSA) is 47.6 Å². The van der Waals surface area contributed by atoms with Crippen LogP contribution in [0.15, 0.2) is 36.4 Å².